The molecule has 2 aromatic rings. The van der Waals surface area contributed by atoms with E-state index in [1.165, 1.54) is 0 Å². The maximum atomic E-state index is 10.0. The van der Waals surface area contributed by atoms with Crippen LogP contribution in [0.4, 0.5) is 0 Å². The molecule has 1 aromatic heterocycles. The van der Waals surface area contributed by atoms with Gasteiger partial charge in [-0.15, -0.1) is 0 Å². The number of aliphatic hydroxyl groups is 1. The largest absolute Gasteiger partial charge is 0.490 e. The molecule has 0 aliphatic rings. The molecule has 0 radical (unpaired) electrons. The van der Waals surface area contributed by atoms with Crippen LogP contribution in [0.25, 0.3) is 12.2 Å². The van der Waals surface area contributed by atoms with Crippen LogP contribution in [0, 0.1) is 6.92 Å². The fourth-order valence-electron chi connectivity index (χ4n) is 2.05. The van der Waals surface area contributed by atoms with E-state index in [-0.39, 0.29) is 12.1 Å². The van der Waals surface area contributed by atoms with E-state index in [1.54, 1.807) is 0 Å². The number of aromatic nitrogens is 1. The molecule has 2 rings (SSSR count). The van der Waals surface area contributed by atoms with Gasteiger partial charge in [-0.25, -0.2) is 0 Å². The van der Waals surface area contributed by atoms with Crippen LogP contribution in [0.3, 0.4) is 0 Å². The number of hydrogen-bond donors (Lipinski definition) is 2. The van der Waals surface area contributed by atoms with Gasteiger partial charge in [-0.2, -0.15) is 0 Å². The fourth-order valence-corrected chi connectivity index (χ4v) is 2.05. The number of nitrogens with zero attached hydrogens (tertiary/aromatic N) is 1. The van der Waals surface area contributed by atoms with Crippen molar-refractivity contribution in [1.82, 2.24) is 10.5 Å². The van der Waals surface area contributed by atoms with Gasteiger partial charge in [0.1, 0.15) is 18.5 Å². The molecule has 0 amide bonds. The molecular formula is C19H26N2O3. The van der Waals surface area contributed by atoms with Crippen LogP contribution in [0.1, 0.15) is 37.8 Å². The Balaban J connectivity index is 1.95. The smallest absolute Gasteiger partial charge is 0.159 e. The van der Waals surface area contributed by atoms with Crippen LogP contribution in [-0.4, -0.2) is 35.1 Å². The van der Waals surface area contributed by atoms with Crippen molar-refractivity contribution < 1.29 is 14.4 Å². The molecule has 1 atom stereocenters. The summed E-state index contributed by atoms with van der Waals surface area (Å²) in [5, 5.41) is 17.2. The number of aryl methyl sites for hydroxylation is 1. The highest BCUT2D eigenvalue weighted by molar-refractivity contribution is 5.70. The molecule has 0 bridgehead atoms. The third-order valence-electron chi connectivity index (χ3n) is 3.29. The lowest BCUT2D eigenvalue weighted by Gasteiger charge is -2.23. The van der Waals surface area contributed by atoms with E-state index in [9.17, 15) is 5.11 Å². The second kappa shape index (κ2) is 8.13. The zero-order valence-electron chi connectivity index (χ0n) is 14.7. The van der Waals surface area contributed by atoms with Gasteiger partial charge in [0.25, 0.3) is 0 Å². The van der Waals surface area contributed by atoms with Crippen molar-refractivity contribution in [3.63, 3.8) is 0 Å². The van der Waals surface area contributed by atoms with E-state index in [0.29, 0.717) is 12.3 Å². The van der Waals surface area contributed by atoms with Gasteiger partial charge in [0, 0.05) is 23.7 Å². The third kappa shape index (κ3) is 6.18. The molecule has 0 aliphatic heterocycles. The fraction of sp³-hybridized carbons (Fsp3) is 0.421. The Morgan fingerprint density at radius 2 is 2.04 bits per heavy atom. The molecule has 1 heterocycles. The Morgan fingerprint density at radius 1 is 1.29 bits per heavy atom. The van der Waals surface area contributed by atoms with E-state index < -0.39 is 6.10 Å². The molecule has 2 N–H and O–H groups in total. The predicted molar refractivity (Wildman–Crippen MR) is 95.9 cm³/mol. The summed E-state index contributed by atoms with van der Waals surface area (Å²) in [5.41, 5.74) is 1.73. The van der Waals surface area contributed by atoms with Gasteiger partial charge >= 0.3 is 0 Å². The van der Waals surface area contributed by atoms with Crippen LogP contribution in [-0.2, 0) is 0 Å². The molecule has 5 heteroatoms. The quantitative estimate of drug-likeness (QED) is 0.815. The average molecular weight is 330 g/mol. The van der Waals surface area contributed by atoms with Crippen LogP contribution in [0.15, 0.2) is 34.9 Å². The minimum atomic E-state index is -0.571. The third-order valence-corrected chi connectivity index (χ3v) is 3.29. The minimum absolute atomic E-state index is 0.0309. The van der Waals surface area contributed by atoms with Gasteiger partial charge < -0.3 is 19.7 Å². The topological polar surface area (TPSA) is 67.5 Å². The standard InChI is InChI=1S/C19H26N2O3/c1-14-11-17(24-21-14)10-9-15-7-5-6-8-18(15)23-13-16(22)12-20-19(2,3)4/h5-11,16,20,22H,12-13H2,1-4H3/b10-9-/t16-/m0/s1. The summed E-state index contributed by atoms with van der Waals surface area (Å²) in [5.74, 6) is 1.41. The first-order chi connectivity index (χ1) is 11.3. The molecule has 0 saturated heterocycles. The Bertz CT molecular complexity index is 671. The lowest BCUT2D eigenvalue weighted by molar-refractivity contribution is 0.0999. The molecule has 0 spiro atoms. The van der Waals surface area contributed by atoms with Gasteiger partial charge in [-0.05, 0) is 45.9 Å². The van der Waals surface area contributed by atoms with Crippen LogP contribution >= 0.6 is 0 Å². The highest BCUT2D eigenvalue weighted by Gasteiger charge is 2.13. The Morgan fingerprint density at radius 3 is 2.71 bits per heavy atom. The number of para-hydroxylation sites is 1. The predicted octanol–water partition coefficient (Wildman–Crippen LogP) is 3.28. The molecule has 130 valence electrons. The monoisotopic (exact) mass is 330 g/mol. The van der Waals surface area contributed by atoms with Crippen LogP contribution < -0.4 is 10.1 Å². The number of rotatable bonds is 7. The van der Waals surface area contributed by atoms with E-state index in [0.717, 1.165) is 17.0 Å². The molecule has 5 nitrogen and oxygen atoms in total. The van der Waals surface area contributed by atoms with Gasteiger partial charge in [0.15, 0.2) is 5.76 Å². The molecular weight excluding hydrogens is 304 g/mol. The first kappa shape index (κ1) is 18.2. The van der Waals surface area contributed by atoms with E-state index in [1.807, 2.05) is 49.4 Å². The molecule has 24 heavy (non-hydrogen) atoms. The van der Waals surface area contributed by atoms with Gasteiger partial charge in [-0.1, -0.05) is 23.4 Å². The summed E-state index contributed by atoms with van der Waals surface area (Å²) in [7, 11) is 0. The summed E-state index contributed by atoms with van der Waals surface area (Å²) >= 11 is 0. The second-order valence-corrected chi connectivity index (χ2v) is 6.84. The van der Waals surface area contributed by atoms with Crippen molar-refractivity contribution in [2.75, 3.05) is 13.2 Å². The second-order valence-electron chi connectivity index (χ2n) is 6.84. The van der Waals surface area contributed by atoms with Crippen LogP contribution in [0.5, 0.6) is 5.75 Å². The maximum Gasteiger partial charge on any atom is 0.159 e. The van der Waals surface area contributed by atoms with Crippen LogP contribution in [0.2, 0.25) is 0 Å². The maximum absolute atomic E-state index is 10.0. The first-order valence-electron chi connectivity index (χ1n) is 8.10. The lowest BCUT2D eigenvalue weighted by atomic mass is 10.1. The van der Waals surface area contributed by atoms with Gasteiger partial charge in [0.2, 0.25) is 0 Å². The Hall–Kier alpha value is -2.11. The highest BCUT2D eigenvalue weighted by Crippen LogP contribution is 2.21. The SMILES string of the molecule is Cc1cc(/C=C\c2ccccc2OC[C@@H](O)CNC(C)(C)C)on1. The number of benzene rings is 1. The summed E-state index contributed by atoms with van der Waals surface area (Å²) in [6.45, 7) is 8.78. The summed E-state index contributed by atoms with van der Waals surface area (Å²) in [6, 6.07) is 9.55. The number of aliphatic hydroxyl groups excluding tert-OH is 1. The van der Waals surface area contributed by atoms with Crippen molar-refractivity contribution in [2.24, 2.45) is 0 Å². The summed E-state index contributed by atoms with van der Waals surface area (Å²) in [6.07, 6.45) is 3.19. The Labute approximate surface area is 143 Å². The first-order valence-corrected chi connectivity index (χ1v) is 8.10. The van der Waals surface area contributed by atoms with Crippen molar-refractivity contribution >= 4 is 12.2 Å². The summed E-state index contributed by atoms with van der Waals surface area (Å²) in [4.78, 5) is 0. The molecule has 0 unspecified atom stereocenters. The van der Waals surface area contributed by atoms with Gasteiger partial charge in [0.05, 0.1) is 5.69 Å². The van der Waals surface area contributed by atoms with Crippen molar-refractivity contribution in [1.29, 1.82) is 0 Å². The average Bonchev–Trinajstić information content (AvgIpc) is 2.94. The van der Waals surface area contributed by atoms with E-state index >= 15 is 0 Å². The number of hydrogen-bond acceptors (Lipinski definition) is 5. The number of nitrogens with one attached hydrogen (secondary N) is 1. The number of ether oxygens (including phenoxy) is 1. The molecule has 0 saturated carbocycles. The molecule has 0 aliphatic carbocycles. The van der Waals surface area contributed by atoms with E-state index in [2.05, 4.69) is 31.2 Å². The van der Waals surface area contributed by atoms with Crippen molar-refractivity contribution in [3.05, 3.63) is 47.3 Å². The lowest BCUT2D eigenvalue weighted by Crippen LogP contribution is -2.42. The van der Waals surface area contributed by atoms with E-state index in [4.69, 9.17) is 9.26 Å². The zero-order valence-corrected chi connectivity index (χ0v) is 14.7. The van der Waals surface area contributed by atoms with Crippen molar-refractivity contribution in [2.45, 2.75) is 39.3 Å². The highest BCUT2D eigenvalue weighted by atomic mass is 16.5. The molecule has 1 aromatic carbocycles. The van der Waals surface area contributed by atoms with Gasteiger partial charge in [-0.3, -0.25) is 0 Å². The number of β-amino-alcohol motifs (C(OH)–C–C–N with tert-alkyl or cyclic N) is 1. The zero-order chi connectivity index (χ0) is 17.6. The minimum Gasteiger partial charge on any atom is -0.490 e. The molecule has 0 fully saturated rings. The van der Waals surface area contributed by atoms with Crippen molar-refractivity contribution in [3.8, 4) is 5.75 Å². The summed E-state index contributed by atoms with van der Waals surface area (Å²) < 4.78 is 10.9. The normalized spacial score (nSPS) is 13.4. The Kier molecular flexibility index (Phi) is 6.17.